The van der Waals surface area contributed by atoms with Gasteiger partial charge < -0.3 is 0 Å². The van der Waals surface area contributed by atoms with E-state index in [1.54, 1.807) is 6.07 Å². The number of aromatic nitrogens is 4. The molecule has 0 radical (unpaired) electrons. The van der Waals surface area contributed by atoms with Crippen molar-refractivity contribution in [3.8, 4) is 5.69 Å². The van der Waals surface area contributed by atoms with Gasteiger partial charge in [0.15, 0.2) is 0 Å². The summed E-state index contributed by atoms with van der Waals surface area (Å²) in [7, 11) is 1.45. The fourth-order valence-corrected chi connectivity index (χ4v) is 2.44. The fraction of sp³-hybridized carbons (Fsp3) is 0.167. The number of thioether (sulfide) groups is 1. The molecule has 10 heteroatoms. The van der Waals surface area contributed by atoms with Crippen LogP contribution in [0.4, 0.5) is 4.39 Å². The van der Waals surface area contributed by atoms with Crippen LogP contribution in [-0.2, 0) is 12.8 Å². The molecule has 0 bridgehead atoms. The van der Waals surface area contributed by atoms with Gasteiger partial charge in [-0.2, -0.15) is 14.8 Å². The molecule has 0 aliphatic rings. The van der Waals surface area contributed by atoms with E-state index >= 15 is 0 Å². The number of tetrazole rings is 1. The molecular formula is C12H14FN6O2S+. The van der Waals surface area contributed by atoms with Crippen molar-refractivity contribution in [2.24, 2.45) is 7.05 Å². The van der Waals surface area contributed by atoms with Crippen molar-refractivity contribution in [1.29, 1.82) is 5.41 Å². The molecule has 0 atom stereocenters. The van der Waals surface area contributed by atoms with Crippen molar-refractivity contribution >= 4 is 16.8 Å². The van der Waals surface area contributed by atoms with Gasteiger partial charge in [-0.1, -0.05) is 6.07 Å². The van der Waals surface area contributed by atoms with Crippen molar-refractivity contribution < 1.29 is 15.1 Å². The van der Waals surface area contributed by atoms with Crippen LogP contribution < -0.4 is 11.2 Å². The second-order valence-corrected chi connectivity index (χ2v) is 5.21. The maximum absolute atomic E-state index is 14.1. The number of halogens is 1. The molecule has 0 saturated heterocycles. The summed E-state index contributed by atoms with van der Waals surface area (Å²) in [6.45, 7) is 0. The highest BCUT2D eigenvalue weighted by Crippen LogP contribution is 2.22. The van der Waals surface area contributed by atoms with Gasteiger partial charge in [-0.15, -0.1) is 11.8 Å². The highest BCUT2D eigenvalue weighted by atomic mass is 32.2. The Morgan fingerprint density at radius 2 is 2.32 bits per heavy atom. The van der Waals surface area contributed by atoms with Gasteiger partial charge in [-0.05, 0) is 22.6 Å². The Morgan fingerprint density at radius 3 is 2.95 bits per heavy atom. The van der Waals surface area contributed by atoms with Gasteiger partial charge in [0.25, 0.3) is 0 Å². The van der Waals surface area contributed by atoms with E-state index in [9.17, 15) is 9.18 Å². The standard InChI is InChI=1S/C12H13FN6O2S/c1-18-12(20)19(17-16-18)10-4-2-3-9(13)8(10)7-22-11(14)5-6-15-21/h2-6,14-15,21H,7H2,1H3/p+1/b6-5-,14-11?. The zero-order valence-electron chi connectivity index (χ0n) is 11.6. The van der Waals surface area contributed by atoms with Crippen molar-refractivity contribution in [3.05, 3.63) is 52.3 Å². The Balaban J connectivity index is 2.32. The molecule has 2 aromatic rings. The Morgan fingerprint density at radius 1 is 1.55 bits per heavy atom. The molecule has 2 rings (SSSR count). The molecule has 0 spiro atoms. The summed E-state index contributed by atoms with van der Waals surface area (Å²) in [6.07, 6.45) is 2.67. The predicted molar refractivity (Wildman–Crippen MR) is 78.4 cm³/mol. The smallest absolute Gasteiger partial charge is 0.294 e. The second kappa shape index (κ2) is 7.11. The summed E-state index contributed by atoms with van der Waals surface area (Å²) < 4.78 is 16.1. The molecule has 1 heterocycles. The van der Waals surface area contributed by atoms with Crippen LogP contribution in [0.15, 0.2) is 35.3 Å². The third-order valence-corrected chi connectivity index (χ3v) is 3.63. The third-order valence-electron chi connectivity index (χ3n) is 2.75. The van der Waals surface area contributed by atoms with Crippen LogP contribution in [0.2, 0.25) is 0 Å². The van der Waals surface area contributed by atoms with E-state index in [4.69, 9.17) is 10.6 Å². The van der Waals surface area contributed by atoms with Crippen molar-refractivity contribution in [2.75, 3.05) is 0 Å². The van der Waals surface area contributed by atoms with Gasteiger partial charge in [-0.25, -0.2) is 14.4 Å². The minimum Gasteiger partial charge on any atom is -0.294 e. The van der Waals surface area contributed by atoms with Gasteiger partial charge in [-0.3, -0.25) is 5.41 Å². The van der Waals surface area contributed by atoms with Crippen LogP contribution in [-0.4, -0.2) is 30.0 Å². The Hall–Kier alpha value is -2.30. The lowest BCUT2D eigenvalue weighted by Crippen LogP contribution is -2.73. The number of rotatable bonds is 5. The summed E-state index contributed by atoms with van der Waals surface area (Å²) >= 11 is 1.06. The molecule has 0 saturated carbocycles. The van der Waals surface area contributed by atoms with E-state index < -0.39 is 11.5 Å². The number of hydrogen-bond acceptors (Lipinski definition) is 6. The lowest BCUT2D eigenvalue weighted by molar-refractivity contribution is -0.838. The van der Waals surface area contributed by atoms with E-state index in [1.165, 1.54) is 31.5 Å². The minimum absolute atomic E-state index is 0.139. The van der Waals surface area contributed by atoms with E-state index in [0.717, 1.165) is 26.6 Å². The third kappa shape index (κ3) is 3.47. The van der Waals surface area contributed by atoms with E-state index in [-0.39, 0.29) is 22.0 Å². The first-order valence-corrected chi connectivity index (χ1v) is 7.15. The SMILES string of the molecule is Cn1nnn(-c2cccc(F)c2CSC(=N)/C=C\[NH2+]O)c1=O. The number of quaternary nitrogens is 1. The van der Waals surface area contributed by atoms with Crippen LogP contribution in [0.25, 0.3) is 5.69 Å². The highest BCUT2D eigenvalue weighted by molar-refractivity contribution is 8.13. The molecule has 22 heavy (non-hydrogen) atoms. The number of nitrogens with two attached hydrogens (primary N) is 1. The predicted octanol–water partition coefficient (Wildman–Crippen LogP) is -0.218. The number of aryl methyl sites for hydroxylation is 1. The maximum Gasteiger partial charge on any atom is 0.368 e. The monoisotopic (exact) mass is 325 g/mol. The largest absolute Gasteiger partial charge is 0.368 e. The molecule has 0 aliphatic carbocycles. The average Bonchev–Trinajstić information content (AvgIpc) is 2.83. The summed E-state index contributed by atoms with van der Waals surface area (Å²) in [4.78, 5) is 11.9. The fourth-order valence-electron chi connectivity index (χ4n) is 1.68. The van der Waals surface area contributed by atoms with Crippen LogP contribution in [0.3, 0.4) is 0 Å². The molecule has 4 N–H and O–H groups in total. The highest BCUT2D eigenvalue weighted by Gasteiger charge is 2.15. The summed E-state index contributed by atoms with van der Waals surface area (Å²) in [5, 5.41) is 23.6. The number of hydrogen-bond donors (Lipinski definition) is 3. The Bertz CT molecular complexity index is 769. The topological polar surface area (TPSA) is 113 Å². The molecule has 8 nitrogen and oxygen atoms in total. The normalized spacial score (nSPS) is 11.2. The molecular weight excluding hydrogens is 311 g/mol. The van der Waals surface area contributed by atoms with Crippen molar-refractivity contribution in [1.82, 2.24) is 19.8 Å². The molecule has 116 valence electrons. The number of nitrogens with one attached hydrogen (secondary N) is 1. The number of benzene rings is 1. The van der Waals surface area contributed by atoms with Crippen LogP contribution >= 0.6 is 11.8 Å². The molecule has 0 amide bonds. The second-order valence-electron chi connectivity index (χ2n) is 4.20. The number of hydroxylamine groups is 1. The van der Waals surface area contributed by atoms with Crippen molar-refractivity contribution in [2.45, 2.75) is 5.75 Å². The lowest BCUT2D eigenvalue weighted by atomic mass is 10.2. The first-order valence-electron chi connectivity index (χ1n) is 6.17. The minimum atomic E-state index is -0.493. The number of nitrogens with zero attached hydrogens (tertiary/aromatic N) is 4. The summed E-state index contributed by atoms with van der Waals surface area (Å²) in [5.74, 6) is -0.354. The van der Waals surface area contributed by atoms with E-state index in [1.807, 2.05) is 0 Å². The molecule has 1 aromatic heterocycles. The van der Waals surface area contributed by atoms with Crippen LogP contribution in [0, 0.1) is 11.2 Å². The van der Waals surface area contributed by atoms with Crippen molar-refractivity contribution in [3.63, 3.8) is 0 Å². The van der Waals surface area contributed by atoms with Gasteiger partial charge in [0, 0.05) is 24.4 Å². The van der Waals surface area contributed by atoms with Crippen LogP contribution in [0.5, 0.6) is 0 Å². The van der Waals surface area contributed by atoms with Crippen LogP contribution in [0.1, 0.15) is 5.56 Å². The van der Waals surface area contributed by atoms with Gasteiger partial charge in [0.05, 0.1) is 10.7 Å². The zero-order chi connectivity index (χ0) is 16.1. The first kappa shape index (κ1) is 16.1. The maximum atomic E-state index is 14.1. The van der Waals surface area contributed by atoms with Gasteiger partial charge in [0.1, 0.15) is 12.0 Å². The average molecular weight is 325 g/mol. The zero-order valence-corrected chi connectivity index (χ0v) is 12.4. The Kier molecular flexibility index (Phi) is 5.20. The lowest BCUT2D eigenvalue weighted by Gasteiger charge is -2.08. The Labute approximate surface area is 128 Å². The molecule has 0 fully saturated rings. The molecule has 1 aromatic carbocycles. The quantitative estimate of drug-likeness (QED) is 0.400. The van der Waals surface area contributed by atoms with E-state index in [0.29, 0.717) is 0 Å². The summed E-state index contributed by atoms with van der Waals surface area (Å²) in [6, 6.07) is 4.32. The van der Waals surface area contributed by atoms with E-state index in [2.05, 4.69) is 10.4 Å². The summed E-state index contributed by atoms with van der Waals surface area (Å²) in [5.41, 5.74) is 0.863. The molecule has 0 aliphatic heterocycles. The first-order chi connectivity index (χ1) is 10.5. The van der Waals surface area contributed by atoms with Gasteiger partial charge in [0.2, 0.25) is 0 Å². The van der Waals surface area contributed by atoms with Gasteiger partial charge >= 0.3 is 5.69 Å². The molecule has 0 unspecified atom stereocenters.